The molecular weight excluding hydrogens is 232 g/mol. The molecule has 4 rings (SSSR count). The molecule has 3 aromatic rings. The van der Waals surface area contributed by atoms with Crippen LogP contribution in [0.4, 0.5) is 0 Å². The Hall–Kier alpha value is -2.27. The Kier molecular flexibility index (Phi) is 2.16. The summed E-state index contributed by atoms with van der Waals surface area (Å²) in [6.07, 6.45) is 2.70. The van der Waals surface area contributed by atoms with Gasteiger partial charge < -0.3 is 4.57 Å². The van der Waals surface area contributed by atoms with Gasteiger partial charge in [0.2, 0.25) is 0 Å². The molecule has 1 aliphatic carbocycles. The van der Waals surface area contributed by atoms with Crippen LogP contribution in [0.5, 0.6) is 0 Å². The van der Waals surface area contributed by atoms with E-state index in [0.717, 1.165) is 18.0 Å². The van der Waals surface area contributed by atoms with Gasteiger partial charge >= 0.3 is 0 Å². The maximum absolute atomic E-state index is 9.07. The Bertz CT molecular complexity index is 816. The van der Waals surface area contributed by atoms with Crippen LogP contribution in [0.3, 0.4) is 0 Å². The Balaban J connectivity index is 2.08. The molecule has 0 radical (unpaired) electrons. The molecule has 2 heteroatoms. The molecular formula is C17H14N2. The van der Waals surface area contributed by atoms with Crippen molar-refractivity contribution in [3.05, 3.63) is 48.0 Å². The van der Waals surface area contributed by atoms with Crippen molar-refractivity contribution in [1.29, 1.82) is 5.26 Å². The first-order chi connectivity index (χ1) is 9.36. The number of nitriles is 1. The van der Waals surface area contributed by atoms with Crippen molar-refractivity contribution in [2.45, 2.75) is 19.4 Å². The molecule has 0 saturated heterocycles. The highest BCUT2D eigenvalue weighted by molar-refractivity contribution is 6.08. The van der Waals surface area contributed by atoms with E-state index in [2.05, 4.69) is 41.0 Å². The lowest BCUT2D eigenvalue weighted by atomic mass is 10.1. The largest absolute Gasteiger partial charge is 0.340 e. The van der Waals surface area contributed by atoms with Crippen molar-refractivity contribution in [3.8, 4) is 6.07 Å². The van der Waals surface area contributed by atoms with Crippen LogP contribution >= 0.6 is 0 Å². The second-order valence-corrected chi connectivity index (χ2v) is 5.41. The topological polar surface area (TPSA) is 28.7 Å². The Morgan fingerprint density at radius 3 is 2.63 bits per heavy atom. The van der Waals surface area contributed by atoms with E-state index in [9.17, 15) is 0 Å². The summed E-state index contributed by atoms with van der Waals surface area (Å²) in [6, 6.07) is 16.8. The van der Waals surface area contributed by atoms with Crippen LogP contribution in [0, 0.1) is 17.2 Å². The van der Waals surface area contributed by atoms with Crippen molar-refractivity contribution in [1.82, 2.24) is 4.57 Å². The number of aromatic nitrogens is 1. The average Bonchev–Trinajstić information content (AvgIpc) is 3.23. The third-order valence-electron chi connectivity index (χ3n) is 4.04. The smallest absolute Gasteiger partial charge is 0.0991 e. The molecule has 1 heterocycles. The predicted molar refractivity (Wildman–Crippen MR) is 76.9 cm³/mol. The summed E-state index contributed by atoms with van der Waals surface area (Å²) in [5.41, 5.74) is 3.29. The summed E-state index contributed by atoms with van der Waals surface area (Å²) in [5.74, 6) is 0.842. The highest BCUT2D eigenvalue weighted by Gasteiger charge is 2.23. The summed E-state index contributed by atoms with van der Waals surface area (Å²) in [4.78, 5) is 0. The summed E-state index contributed by atoms with van der Waals surface area (Å²) in [6.45, 7) is 1.11. The summed E-state index contributed by atoms with van der Waals surface area (Å²) < 4.78 is 2.42. The lowest BCUT2D eigenvalue weighted by molar-refractivity contribution is 0.664. The SMILES string of the molecule is N#Cc1ccc2c(c1)c1ccccc1n2CC1CC1. The van der Waals surface area contributed by atoms with Crippen LogP contribution < -0.4 is 0 Å². The van der Waals surface area contributed by atoms with E-state index in [0.29, 0.717) is 0 Å². The van der Waals surface area contributed by atoms with E-state index >= 15 is 0 Å². The zero-order valence-electron chi connectivity index (χ0n) is 10.6. The van der Waals surface area contributed by atoms with Gasteiger partial charge in [0.05, 0.1) is 11.6 Å². The van der Waals surface area contributed by atoms with Gasteiger partial charge in [-0.3, -0.25) is 0 Å². The molecule has 0 unspecified atom stereocenters. The van der Waals surface area contributed by atoms with Gasteiger partial charge in [0, 0.05) is 28.4 Å². The second kappa shape index (κ2) is 3.86. The van der Waals surface area contributed by atoms with Gasteiger partial charge in [-0.25, -0.2) is 0 Å². The van der Waals surface area contributed by atoms with Gasteiger partial charge in [0.15, 0.2) is 0 Å². The summed E-state index contributed by atoms with van der Waals surface area (Å²) >= 11 is 0. The van der Waals surface area contributed by atoms with Crippen LogP contribution in [0.25, 0.3) is 21.8 Å². The molecule has 0 N–H and O–H groups in total. The third-order valence-corrected chi connectivity index (χ3v) is 4.04. The lowest BCUT2D eigenvalue weighted by Crippen LogP contribution is -1.98. The summed E-state index contributed by atoms with van der Waals surface area (Å²) in [7, 11) is 0. The van der Waals surface area contributed by atoms with Crippen molar-refractivity contribution < 1.29 is 0 Å². The molecule has 19 heavy (non-hydrogen) atoms. The monoisotopic (exact) mass is 246 g/mol. The highest BCUT2D eigenvalue weighted by atomic mass is 15.0. The summed E-state index contributed by atoms with van der Waals surface area (Å²) in [5, 5.41) is 11.5. The molecule has 0 amide bonds. The highest BCUT2D eigenvalue weighted by Crippen LogP contribution is 2.36. The molecule has 0 aliphatic heterocycles. The van der Waals surface area contributed by atoms with Crippen molar-refractivity contribution in [2.75, 3.05) is 0 Å². The van der Waals surface area contributed by atoms with Gasteiger partial charge in [0.1, 0.15) is 0 Å². The fraction of sp³-hybridized carbons (Fsp3) is 0.235. The zero-order chi connectivity index (χ0) is 12.8. The number of rotatable bonds is 2. The Morgan fingerprint density at radius 2 is 1.84 bits per heavy atom. The predicted octanol–water partition coefficient (Wildman–Crippen LogP) is 4.08. The third kappa shape index (κ3) is 1.62. The number of hydrogen-bond donors (Lipinski definition) is 0. The quantitative estimate of drug-likeness (QED) is 0.670. The Morgan fingerprint density at radius 1 is 1.05 bits per heavy atom. The van der Waals surface area contributed by atoms with Crippen LogP contribution in [0.1, 0.15) is 18.4 Å². The number of para-hydroxylation sites is 1. The normalized spacial score (nSPS) is 14.9. The molecule has 1 saturated carbocycles. The maximum Gasteiger partial charge on any atom is 0.0991 e. The fourth-order valence-corrected chi connectivity index (χ4v) is 2.88. The number of fused-ring (bicyclic) bond motifs is 3. The molecule has 2 nitrogen and oxygen atoms in total. The molecule has 0 spiro atoms. The molecule has 1 aliphatic rings. The van der Waals surface area contributed by atoms with E-state index < -0.39 is 0 Å². The van der Waals surface area contributed by atoms with Crippen LogP contribution in [-0.4, -0.2) is 4.57 Å². The van der Waals surface area contributed by atoms with Crippen LogP contribution in [0.2, 0.25) is 0 Å². The Labute approximate surface area is 111 Å². The van der Waals surface area contributed by atoms with Gasteiger partial charge in [-0.05, 0) is 43.0 Å². The number of hydrogen-bond acceptors (Lipinski definition) is 1. The van der Waals surface area contributed by atoms with Crippen molar-refractivity contribution in [2.24, 2.45) is 5.92 Å². The zero-order valence-corrected chi connectivity index (χ0v) is 10.6. The van der Waals surface area contributed by atoms with Crippen LogP contribution in [-0.2, 0) is 6.54 Å². The first-order valence-electron chi connectivity index (χ1n) is 6.78. The van der Waals surface area contributed by atoms with Crippen LogP contribution in [0.15, 0.2) is 42.5 Å². The first kappa shape index (κ1) is 10.6. The van der Waals surface area contributed by atoms with E-state index in [4.69, 9.17) is 5.26 Å². The molecule has 92 valence electrons. The molecule has 0 atom stereocenters. The van der Waals surface area contributed by atoms with E-state index in [1.807, 2.05) is 12.1 Å². The fourth-order valence-electron chi connectivity index (χ4n) is 2.88. The van der Waals surface area contributed by atoms with E-state index in [1.165, 1.54) is 34.6 Å². The lowest BCUT2D eigenvalue weighted by Gasteiger charge is -2.05. The van der Waals surface area contributed by atoms with Gasteiger partial charge in [-0.15, -0.1) is 0 Å². The standard InChI is InChI=1S/C17H14N2/c18-10-13-7-8-17-15(9-13)14-3-1-2-4-16(14)19(17)11-12-5-6-12/h1-4,7-9,12H,5-6,11H2. The minimum Gasteiger partial charge on any atom is -0.340 e. The molecule has 2 aromatic carbocycles. The molecule has 1 fully saturated rings. The number of nitrogens with zero attached hydrogens (tertiary/aromatic N) is 2. The minimum absolute atomic E-state index is 0.738. The minimum atomic E-state index is 0.738. The maximum atomic E-state index is 9.07. The van der Waals surface area contributed by atoms with E-state index in [1.54, 1.807) is 0 Å². The first-order valence-corrected chi connectivity index (χ1v) is 6.78. The van der Waals surface area contributed by atoms with Crippen molar-refractivity contribution >= 4 is 21.8 Å². The molecule has 1 aromatic heterocycles. The van der Waals surface area contributed by atoms with Gasteiger partial charge in [-0.1, -0.05) is 18.2 Å². The number of benzene rings is 2. The van der Waals surface area contributed by atoms with Crippen molar-refractivity contribution in [3.63, 3.8) is 0 Å². The van der Waals surface area contributed by atoms with Gasteiger partial charge in [0.25, 0.3) is 0 Å². The van der Waals surface area contributed by atoms with Gasteiger partial charge in [-0.2, -0.15) is 5.26 Å². The second-order valence-electron chi connectivity index (χ2n) is 5.41. The molecule has 0 bridgehead atoms. The van der Waals surface area contributed by atoms with E-state index in [-0.39, 0.29) is 0 Å². The average molecular weight is 246 g/mol.